The molecule has 3 aromatic heterocycles. The van der Waals surface area contributed by atoms with Gasteiger partial charge in [-0.25, -0.2) is 4.52 Å². The van der Waals surface area contributed by atoms with Crippen LogP contribution in [0.1, 0.15) is 36.9 Å². The minimum Gasteiger partial charge on any atom is -0.467 e. The zero-order valence-electron chi connectivity index (χ0n) is 13.6. The van der Waals surface area contributed by atoms with Gasteiger partial charge in [-0.2, -0.15) is 5.10 Å². The van der Waals surface area contributed by atoms with Crippen LogP contribution < -0.4 is 0 Å². The second-order valence-electron chi connectivity index (χ2n) is 6.09. The second-order valence-corrected chi connectivity index (χ2v) is 6.09. The zero-order valence-corrected chi connectivity index (χ0v) is 13.6. The highest BCUT2D eigenvalue weighted by molar-refractivity contribution is 6.00. The van der Waals surface area contributed by atoms with Crippen molar-refractivity contribution in [3.8, 4) is 0 Å². The Morgan fingerprint density at radius 1 is 1.26 bits per heavy atom. The van der Waals surface area contributed by atoms with Crippen molar-refractivity contribution >= 4 is 11.4 Å². The van der Waals surface area contributed by atoms with Gasteiger partial charge in [0.1, 0.15) is 5.76 Å². The van der Waals surface area contributed by atoms with Crippen molar-refractivity contribution < 1.29 is 9.21 Å². The number of fused-ring (bicyclic) bond motifs is 1. The van der Waals surface area contributed by atoms with Crippen LogP contribution in [-0.4, -0.2) is 26.5 Å². The lowest BCUT2D eigenvalue weighted by Crippen LogP contribution is -2.40. The van der Waals surface area contributed by atoms with Crippen molar-refractivity contribution in [3.63, 3.8) is 0 Å². The predicted octanol–water partition coefficient (Wildman–Crippen LogP) is 3.61. The fourth-order valence-corrected chi connectivity index (χ4v) is 2.59. The summed E-state index contributed by atoms with van der Waals surface area (Å²) in [4.78, 5) is 15.0. The van der Waals surface area contributed by atoms with E-state index in [0.29, 0.717) is 18.0 Å². The van der Waals surface area contributed by atoms with E-state index >= 15 is 0 Å². The maximum absolute atomic E-state index is 13.1. The Morgan fingerprint density at radius 3 is 2.78 bits per heavy atom. The average molecular weight is 311 g/mol. The molecule has 0 aliphatic rings. The van der Waals surface area contributed by atoms with Gasteiger partial charge in [-0.1, -0.05) is 19.9 Å². The molecule has 0 saturated carbocycles. The van der Waals surface area contributed by atoms with Crippen LogP contribution in [0.4, 0.5) is 0 Å². The third kappa shape index (κ3) is 2.99. The number of hydrogen-bond donors (Lipinski definition) is 0. The Hall–Kier alpha value is -2.56. The topological polar surface area (TPSA) is 50.8 Å². The zero-order chi connectivity index (χ0) is 16.4. The number of amides is 1. The van der Waals surface area contributed by atoms with Crippen molar-refractivity contribution in [1.82, 2.24) is 14.5 Å². The first kappa shape index (κ1) is 15.3. The molecule has 3 rings (SSSR count). The molecule has 0 N–H and O–H groups in total. The van der Waals surface area contributed by atoms with Crippen LogP contribution in [0.2, 0.25) is 0 Å². The highest BCUT2D eigenvalue weighted by Gasteiger charge is 2.26. The minimum atomic E-state index is -0.0243. The van der Waals surface area contributed by atoms with Crippen LogP contribution in [0.5, 0.6) is 0 Å². The van der Waals surface area contributed by atoms with Gasteiger partial charge in [0, 0.05) is 12.2 Å². The van der Waals surface area contributed by atoms with Gasteiger partial charge in [0.15, 0.2) is 0 Å². The third-order valence-corrected chi connectivity index (χ3v) is 4.28. The molecule has 0 bridgehead atoms. The number of nitrogens with zero attached hydrogens (tertiary/aromatic N) is 3. The summed E-state index contributed by atoms with van der Waals surface area (Å²) < 4.78 is 7.15. The molecule has 0 aliphatic carbocycles. The third-order valence-electron chi connectivity index (χ3n) is 4.28. The van der Waals surface area contributed by atoms with Crippen LogP contribution in [0, 0.1) is 5.92 Å². The maximum atomic E-state index is 13.1. The average Bonchev–Trinajstić information content (AvgIpc) is 3.20. The number of carbonyl (C=O) groups is 1. The molecule has 0 aromatic carbocycles. The Morgan fingerprint density at radius 2 is 2.09 bits per heavy atom. The van der Waals surface area contributed by atoms with E-state index in [0.717, 1.165) is 11.3 Å². The number of aromatic nitrogens is 2. The highest BCUT2D eigenvalue weighted by atomic mass is 16.3. The van der Waals surface area contributed by atoms with E-state index in [4.69, 9.17) is 4.42 Å². The van der Waals surface area contributed by atoms with Crippen molar-refractivity contribution in [1.29, 1.82) is 0 Å². The fourth-order valence-electron chi connectivity index (χ4n) is 2.59. The summed E-state index contributed by atoms with van der Waals surface area (Å²) in [7, 11) is 0. The molecule has 0 unspecified atom stereocenters. The van der Waals surface area contributed by atoms with Crippen LogP contribution in [0.3, 0.4) is 0 Å². The van der Waals surface area contributed by atoms with Crippen LogP contribution in [0.25, 0.3) is 5.52 Å². The molecule has 1 amide bonds. The van der Waals surface area contributed by atoms with E-state index in [2.05, 4.69) is 25.9 Å². The normalized spacial score (nSPS) is 12.7. The summed E-state index contributed by atoms with van der Waals surface area (Å²) >= 11 is 0. The smallest absolute Gasteiger partial charge is 0.258 e. The molecule has 0 aliphatic heterocycles. The van der Waals surface area contributed by atoms with Crippen LogP contribution in [-0.2, 0) is 6.54 Å². The first-order valence-electron chi connectivity index (χ1n) is 7.83. The van der Waals surface area contributed by atoms with Gasteiger partial charge < -0.3 is 9.32 Å². The monoisotopic (exact) mass is 311 g/mol. The summed E-state index contributed by atoms with van der Waals surface area (Å²) in [5, 5.41) is 4.27. The van der Waals surface area contributed by atoms with Crippen molar-refractivity contribution in [2.45, 2.75) is 33.4 Å². The molecule has 0 fully saturated rings. The Labute approximate surface area is 135 Å². The molecule has 5 nitrogen and oxygen atoms in total. The van der Waals surface area contributed by atoms with E-state index < -0.39 is 0 Å². The van der Waals surface area contributed by atoms with E-state index in [1.54, 1.807) is 17.0 Å². The molecule has 23 heavy (non-hydrogen) atoms. The summed E-state index contributed by atoms with van der Waals surface area (Å²) in [5.41, 5.74) is 1.43. The summed E-state index contributed by atoms with van der Waals surface area (Å²) in [5.74, 6) is 1.10. The lowest BCUT2D eigenvalue weighted by molar-refractivity contribution is 0.0613. The number of rotatable bonds is 5. The van der Waals surface area contributed by atoms with E-state index in [-0.39, 0.29) is 11.9 Å². The van der Waals surface area contributed by atoms with Gasteiger partial charge in [-0.3, -0.25) is 4.79 Å². The van der Waals surface area contributed by atoms with Gasteiger partial charge >= 0.3 is 0 Å². The van der Waals surface area contributed by atoms with Gasteiger partial charge in [-0.05, 0) is 37.1 Å². The molecule has 3 aromatic rings. The maximum Gasteiger partial charge on any atom is 0.258 e. The molecule has 0 spiro atoms. The van der Waals surface area contributed by atoms with E-state index in [1.165, 1.54) is 0 Å². The fraction of sp³-hybridized carbons (Fsp3) is 0.333. The second kappa shape index (κ2) is 6.28. The highest BCUT2D eigenvalue weighted by Crippen LogP contribution is 2.20. The predicted molar refractivity (Wildman–Crippen MR) is 88.1 cm³/mol. The quantitative estimate of drug-likeness (QED) is 0.723. The summed E-state index contributed by atoms with van der Waals surface area (Å²) in [6, 6.07) is 9.54. The minimum absolute atomic E-state index is 0.0243. The van der Waals surface area contributed by atoms with Crippen molar-refractivity contribution in [2.75, 3.05) is 0 Å². The van der Waals surface area contributed by atoms with Crippen LogP contribution >= 0.6 is 0 Å². The van der Waals surface area contributed by atoms with E-state index in [9.17, 15) is 4.79 Å². The van der Waals surface area contributed by atoms with Gasteiger partial charge in [0.2, 0.25) is 0 Å². The molecule has 3 heterocycles. The van der Waals surface area contributed by atoms with Crippen molar-refractivity contribution in [3.05, 3.63) is 60.3 Å². The molecular formula is C18H21N3O2. The standard InChI is InChI=1S/C18H21N3O2/c1-13(2)14(3)20(12-15-7-6-10-23-15)18(22)16-11-19-21-9-5-4-8-17(16)21/h4-11,13-14H,12H2,1-3H3/t14-/m1/s1. The Bertz CT molecular complexity index is 790. The summed E-state index contributed by atoms with van der Waals surface area (Å²) in [6.07, 6.45) is 5.11. The molecule has 0 radical (unpaired) electrons. The molecule has 120 valence electrons. The molecule has 5 heteroatoms. The number of furan rings is 1. The number of carbonyl (C=O) groups excluding carboxylic acids is 1. The molecular weight excluding hydrogens is 290 g/mol. The lowest BCUT2D eigenvalue weighted by Gasteiger charge is -2.31. The van der Waals surface area contributed by atoms with Crippen molar-refractivity contribution in [2.24, 2.45) is 5.92 Å². The van der Waals surface area contributed by atoms with Gasteiger partial charge in [0.25, 0.3) is 5.91 Å². The van der Waals surface area contributed by atoms with Gasteiger partial charge in [0.05, 0.1) is 30.1 Å². The first-order chi connectivity index (χ1) is 11.1. The molecule has 0 saturated heterocycles. The number of pyridine rings is 1. The Balaban J connectivity index is 1.96. The number of hydrogen-bond acceptors (Lipinski definition) is 3. The summed E-state index contributed by atoms with van der Waals surface area (Å²) in [6.45, 7) is 6.75. The molecule has 1 atom stereocenters. The van der Waals surface area contributed by atoms with Gasteiger partial charge in [-0.15, -0.1) is 0 Å². The first-order valence-corrected chi connectivity index (χ1v) is 7.83. The Kier molecular flexibility index (Phi) is 4.19. The lowest BCUT2D eigenvalue weighted by atomic mass is 10.0. The SMILES string of the molecule is CC(C)[C@@H](C)N(Cc1ccco1)C(=O)c1cnn2ccccc12. The largest absolute Gasteiger partial charge is 0.467 e. The van der Waals surface area contributed by atoms with E-state index in [1.807, 2.05) is 41.4 Å². The van der Waals surface area contributed by atoms with Crippen LogP contribution in [0.15, 0.2) is 53.4 Å².